The molecule has 4 rings (SSSR count). The topological polar surface area (TPSA) is 94.4 Å². The molecule has 1 aliphatic rings. The van der Waals surface area contributed by atoms with Crippen LogP contribution in [0.5, 0.6) is 5.75 Å². The highest BCUT2D eigenvalue weighted by molar-refractivity contribution is 9.10. The number of halogens is 3. The summed E-state index contributed by atoms with van der Waals surface area (Å²) in [5.41, 5.74) is 6.31. The Balaban J connectivity index is 2.13. The quantitative estimate of drug-likeness (QED) is 0.463. The molecular formula is C20H13Br2FN4O2. The van der Waals surface area contributed by atoms with Crippen molar-refractivity contribution >= 4 is 37.6 Å². The summed E-state index contributed by atoms with van der Waals surface area (Å²) in [5.74, 6) is -0.428. The largest absolute Gasteiger partial charge is 0.506 e. The summed E-state index contributed by atoms with van der Waals surface area (Å²) >= 11 is 6.39. The van der Waals surface area contributed by atoms with Gasteiger partial charge in [-0.2, -0.15) is 10.4 Å². The number of phenols is 1. The number of hydrogen-bond acceptors (Lipinski definition) is 6. The first-order chi connectivity index (χ1) is 14.0. The van der Waals surface area contributed by atoms with Gasteiger partial charge in [0.05, 0.1) is 39.9 Å². The van der Waals surface area contributed by atoms with E-state index in [9.17, 15) is 10.4 Å². The molecule has 0 unspecified atom stereocenters. The predicted octanol–water partition coefficient (Wildman–Crippen LogP) is 5.21. The number of aromatic hydroxyl groups is 1. The molecule has 0 spiro atoms. The Bertz CT molecular complexity index is 1200. The lowest BCUT2D eigenvalue weighted by atomic mass is 9.91. The highest BCUT2D eigenvalue weighted by Crippen LogP contribution is 2.42. The molecule has 6 nitrogen and oxygen atoms in total. The molecule has 0 bridgehead atoms. The van der Waals surface area contributed by atoms with Gasteiger partial charge in [-0.3, -0.25) is 0 Å². The van der Waals surface area contributed by atoms with E-state index < -0.39 is 5.82 Å². The number of fused-ring (bicyclic) bond motifs is 1. The number of rotatable bonds is 3. The van der Waals surface area contributed by atoms with Crippen molar-refractivity contribution < 1.29 is 13.9 Å². The summed E-state index contributed by atoms with van der Waals surface area (Å²) in [6.07, 6.45) is 1.51. The molecule has 146 valence electrons. The lowest BCUT2D eigenvalue weighted by Crippen LogP contribution is -2.22. The zero-order chi connectivity index (χ0) is 20.7. The van der Waals surface area contributed by atoms with Crippen molar-refractivity contribution in [2.45, 2.75) is 18.8 Å². The molecule has 0 saturated carbocycles. The number of furan rings is 1. The fourth-order valence-corrected chi connectivity index (χ4v) is 4.25. The monoisotopic (exact) mass is 518 g/mol. The van der Waals surface area contributed by atoms with Gasteiger partial charge < -0.3 is 14.9 Å². The number of benzene rings is 1. The zero-order valence-corrected chi connectivity index (χ0v) is 18.2. The molecule has 2 N–H and O–H groups in total. The van der Waals surface area contributed by atoms with Crippen LogP contribution in [0.3, 0.4) is 0 Å². The Morgan fingerprint density at radius 3 is 2.86 bits per heavy atom. The molecule has 3 aromatic rings. The molecule has 2 aromatic heterocycles. The first kappa shape index (κ1) is 19.6. The van der Waals surface area contributed by atoms with Crippen LogP contribution in [0.15, 0.2) is 38.5 Å². The van der Waals surface area contributed by atoms with E-state index in [0.29, 0.717) is 45.7 Å². The zero-order valence-electron chi connectivity index (χ0n) is 15.1. The molecule has 9 heteroatoms. The van der Waals surface area contributed by atoms with Gasteiger partial charge in [-0.15, -0.1) is 0 Å². The Kier molecular flexibility index (Phi) is 5.15. The molecule has 1 aromatic carbocycles. The van der Waals surface area contributed by atoms with Crippen LogP contribution in [0.25, 0.3) is 22.6 Å². The normalized spacial score (nSPS) is 12.7. The van der Waals surface area contributed by atoms with Gasteiger partial charge in [-0.25, -0.2) is 9.37 Å². The fourth-order valence-electron chi connectivity index (χ4n) is 3.36. The van der Waals surface area contributed by atoms with Crippen LogP contribution in [-0.2, 0) is 11.9 Å². The van der Waals surface area contributed by atoms with Gasteiger partial charge >= 0.3 is 0 Å². The third-order valence-electron chi connectivity index (χ3n) is 4.67. The third kappa shape index (κ3) is 3.12. The van der Waals surface area contributed by atoms with E-state index in [1.807, 2.05) is 0 Å². The van der Waals surface area contributed by atoms with Crippen LogP contribution in [0.1, 0.15) is 29.3 Å². The van der Waals surface area contributed by atoms with E-state index in [2.05, 4.69) is 53.4 Å². The van der Waals surface area contributed by atoms with Crippen molar-refractivity contribution in [3.05, 3.63) is 57.1 Å². The van der Waals surface area contributed by atoms with Gasteiger partial charge in [0, 0.05) is 27.6 Å². The number of alkyl halides is 1. The Hall–Kier alpha value is -2.70. The summed E-state index contributed by atoms with van der Waals surface area (Å²) in [7, 11) is 0. The SMILES string of the molecule is CC1=NNCc2nc(-c3cc(CBr)c(O)c(Br)c3F)c(C#N)c(-c3ccco3)c21. The van der Waals surface area contributed by atoms with Crippen LogP contribution in [0.4, 0.5) is 4.39 Å². The number of nitrogens with one attached hydrogen (secondary N) is 1. The summed E-state index contributed by atoms with van der Waals surface area (Å²) < 4.78 is 20.6. The standard InChI is InChI=1S/C20H13Br2FN4O2/c1-9-15-13(8-25-27-9)26-19(12(7-24)16(15)14-3-2-4-29-14)11-5-10(6-21)20(28)17(22)18(11)23/h2-5,25,28H,6,8H2,1H3. The van der Waals surface area contributed by atoms with Crippen LogP contribution in [0.2, 0.25) is 0 Å². The first-order valence-electron chi connectivity index (χ1n) is 8.52. The van der Waals surface area contributed by atoms with E-state index >= 15 is 4.39 Å². The van der Waals surface area contributed by atoms with Gasteiger partial charge in [0.25, 0.3) is 0 Å². The van der Waals surface area contributed by atoms with Gasteiger partial charge in [0.15, 0.2) is 5.82 Å². The van der Waals surface area contributed by atoms with Crippen molar-refractivity contribution in [1.82, 2.24) is 10.4 Å². The number of hydrogen-bond donors (Lipinski definition) is 2. The number of nitrogens with zero attached hydrogens (tertiary/aromatic N) is 3. The van der Waals surface area contributed by atoms with Crippen molar-refractivity contribution in [1.29, 1.82) is 5.26 Å². The van der Waals surface area contributed by atoms with E-state index in [1.165, 1.54) is 12.3 Å². The minimum atomic E-state index is -0.698. The van der Waals surface area contributed by atoms with Gasteiger partial charge in [0.1, 0.15) is 17.6 Å². The predicted molar refractivity (Wildman–Crippen MR) is 113 cm³/mol. The molecule has 1 aliphatic heterocycles. The maximum atomic E-state index is 15.1. The second-order valence-corrected chi connectivity index (χ2v) is 7.70. The number of nitriles is 1. The van der Waals surface area contributed by atoms with Crippen LogP contribution in [-0.4, -0.2) is 15.8 Å². The maximum Gasteiger partial charge on any atom is 0.150 e. The maximum absolute atomic E-state index is 15.1. The molecule has 0 saturated heterocycles. The molecule has 0 amide bonds. The summed E-state index contributed by atoms with van der Waals surface area (Å²) in [6, 6.07) is 7.11. The summed E-state index contributed by atoms with van der Waals surface area (Å²) in [5, 5.41) is 24.7. The molecule has 29 heavy (non-hydrogen) atoms. The highest BCUT2D eigenvalue weighted by atomic mass is 79.9. The van der Waals surface area contributed by atoms with E-state index in [1.54, 1.807) is 19.1 Å². The number of aromatic nitrogens is 1. The lowest BCUT2D eigenvalue weighted by Gasteiger charge is -2.21. The molecule has 0 atom stereocenters. The molecule has 0 aliphatic carbocycles. The molecule has 3 heterocycles. The first-order valence-corrected chi connectivity index (χ1v) is 10.4. The Labute approximate surface area is 182 Å². The van der Waals surface area contributed by atoms with Gasteiger partial charge in [-0.1, -0.05) is 15.9 Å². The van der Waals surface area contributed by atoms with E-state index in [0.717, 1.165) is 0 Å². The fraction of sp³-hybridized carbons (Fsp3) is 0.150. The minimum Gasteiger partial charge on any atom is -0.506 e. The molecule has 0 fully saturated rings. The van der Waals surface area contributed by atoms with Crippen molar-refractivity contribution in [2.75, 3.05) is 0 Å². The molecule has 0 radical (unpaired) electrons. The van der Waals surface area contributed by atoms with Crippen molar-refractivity contribution in [3.8, 4) is 34.4 Å². The number of pyridine rings is 1. The molecular weight excluding hydrogens is 507 g/mol. The summed E-state index contributed by atoms with van der Waals surface area (Å²) in [4.78, 5) is 4.62. The van der Waals surface area contributed by atoms with E-state index in [4.69, 9.17) is 4.42 Å². The average molecular weight is 520 g/mol. The van der Waals surface area contributed by atoms with Crippen LogP contribution < -0.4 is 5.43 Å². The van der Waals surface area contributed by atoms with Crippen molar-refractivity contribution in [3.63, 3.8) is 0 Å². The Morgan fingerprint density at radius 2 is 2.21 bits per heavy atom. The van der Waals surface area contributed by atoms with Gasteiger partial charge in [0.2, 0.25) is 0 Å². The average Bonchev–Trinajstić information content (AvgIpc) is 3.26. The van der Waals surface area contributed by atoms with Gasteiger partial charge in [-0.05, 0) is 41.1 Å². The second-order valence-electron chi connectivity index (χ2n) is 6.35. The van der Waals surface area contributed by atoms with Crippen LogP contribution >= 0.6 is 31.9 Å². The smallest absolute Gasteiger partial charge is 0.150 e. The lowest BCUT2D eigenvalue weighted by molar-refractivity contribution is 0.460. The number of phenolic OH excluding ortho intramolecular Hbond substituents is 1. The highest BCUT2D eigenvalue weighted by Gasteiger charge is 2.29. The minimum absolute atomic E-state index is 0.0803. The van der Waals surface area contributed by atoms with Crippen LogP contribution in [0, 0.1) is 17.1 Å². The number of hydrazone groups is 1. The summed E-state index contributed by atoms with van der Waals surface area (Å²) in [6.45, 7) is 2.13. The second kappa shape index (κ2) is 7.61. The van der Waals surface area contributed by atoms with E-state index in [-0.39, 0.29) is 27.0 Å². The van der Waals surface area contributed by atoms with Crippen molar-refractivity contribution in [2.24, 2.45) is 5.10 Å². The Morgan fingerprint density at radius 1 is 1.41 bits per heavy atom. The third-order valence-corrected chi connectivity index (χ3v) is 5.99.